The number of hydrogen-bond acceptors (Lipinski definition) is 6. The highest BCUT2D eigenvalue weighted by Gasteiger charge is 2.19. The van der Waals surface area contributed by atoms with Gasteiger partial charge in [-0.1, -0.05) is 260 Å². The summed E-state index contributed by atoms with van der Waals surface area (Å²) in [5.41, 5.74) is 0. The lowest BCUT2D eigenvalue weighted by Crippen LogP contribution is -2.30. The van der Waals surface area contributed by atoms with E-state index in [2.05, 4.69) is 41.5 Å². The smallest absolute Gasteiger partial charge is 0.306 e. The maximum Gasteiger partial charge on any atom is 0.306 e. The number of carbonyl (C=O) groups is 3. The SMILES string of the molecule is CCC(C)CCCCCCCCCCCCCCCCC(=O)O[C@@H](COC(=O)CCCCCCCCCCCCCC(C)C)COC(=O)CCCCCCCCCCC(C)C. The van der Waals surface area contributed by atoms with Crippen molar-refractivity contribution in [1.29, 1.82) is 0 Å². The summed E-state index contributed by atoms with van der Waals surface area (Å²) in [7, 11) is 0. The quantitative estimate of drug-likeness (QED) is 0.0344. The first-order chi connectivity index (χ1) is 29.6. The van der Waals surface area contributed by atoms with Gasteiger partial charge in [-0.05, 0) is 37.0 Å². The van der Waals surface area contributed by atoms with E-state index >= 15 is 0 Å². The minimum Gasteiger partial charge on any atom is -0.462 e. The van der Waals surface area contributed by atoms with Crippen LogP contribution in [0.1, 0.15) is 298 Å². The molecule has 0 N–H and O–H groups in total. The first-order valence-electron chi connectivity index (χ1n) is 27.1. The summed E-state index contributed by atoms with van der Waals surface area (Å²) in [6.45, 7) is 13.7. The molecule has 0 aliphatic carbocycles. The molecule has 6 nitrogen and oxygen atoms in total. The van der Waals surface area contributed by atoms with E-state index in [9.17, 15) is 14.4 Å². The minimum absolute atomic E-state index is 0.0646. The van der Waals surface area contributed by atoms with Crippen molar-refractivity contribution in [3.05, 3.63) is 0 Å². The molecule has 0 aromatic rings. The molecule has 0 radical (unpaired) electrons. The third kappa shape index (κ3) is 47.7. The zero-order chi connectivity index (χ0) is 44.9. The Kier molecular flexibility index (Phi) is 45.2. The molecule has 61 heavy (non-hydrogen) atoms. The maximum atomic E-state index is 12.8. The van der Waals surface area contributed by atoms with Crippen LogP contribution >= 0.6 is 0 Å². The van der Waals surface area contributed by atoms with E-state index in [1.807, 2.05) is 0 Å². The highest BCUT2D eigenvalue weighted by molar-refractivity contribution is 5.71. The molecule has 1 unspecified atom stereocenters. The van der Waals surface area contributed by atoms with Crippen molar-refractivity contribution in [3.63, 3.8) is 0 Å². The Morgan fingerprint density at radius 2 is 0.574 bits per heavy atom. The van der Waals surface area contributed by atoms with Crippen molar-refractivity contribution in [3.8, 4) is 0 Å². The van der Waals surface area contributed by atoms with E-state index in [4.69, 9.17) is 14.2 Å². The molecule has 0 heterocycles. The van der Waals surface area contributed by atoms with E-state index in [0.29, 0.717) is 19.3 Å². The van der Waals surface area contributed by atoms with E-state index in [1.165, 1.54) is 180 Å². The van der Waals surface area contributed by atoms with Gasteiger partial charge in [0.1, 0.15) is 13.2 Å². The van der Waals surface area contributed by atoms with Gasteiger partial charge < -0.3 is 14.2 Å². The third-order valence-corrected chi connectivity index (χ3v) is 12.8. The number of carbonyl (C=O) groups excluding carboxylic acids is 3. The van der Waals surface area contributed by atoms with Gasteiger partial charge in [0.15, 0.2) is 6.10 Å². The van der Waals surface area contributed by atoms with Crippen molar-refractivity contribution in [2.75, 3.05) is 13.2 Å². The molecule has 0 saturated heterocycles. The molecule has 2 atom stereocenters. The van der Waals surface area contributed by atoms with E-state index in [-0.39, 0.29) is 31.1 Å². The monoisotopic (exact) mass is 863 g/mol. The van der Waals surface area contributed by atoms with Crippen LogP contribution in [-0.2, 0) is 28.6 Å². The van der Waals surface area contributed by atoms with Crippen molar-refractivity contribution in [2.24, 2.45) is 17.8 Å². The molecule has 0 rings (SSSR count). The third-order valence-electron chi connectivity index (χ3n) is 12.8. The Morgan fingerprint density at radius 1 is 0.328 bits per heavy atom. The fourth-order valence-corrected chi connectivity index (χ4v) is 8.26. The Hall–Kier alpha value is -1.59. The lowest BCUT2D eigenvalue weighted by atomic mass is 9.99. The maximum absolute atomic E-state index is 12.8. The molecule has 0 aromatic carbocycles. The molecule has 0 amide bonds. The molecule has 0 fully saturated rings. The topological polar surface area (TPSA) is 78.9 Å². The Bertz CT molecular complexity index is 947. The molecule has 0 aliphatic heterocycles. The fourth-order valence-electron chi connectivity index (χ4n) is 8.26. The Labute approximate surface area is 380 Å². The zero-order valence-electron chi connectivity index (χ0n) is 42.0. The van der Waals surface area contributed by atoms with Gasteiger partial charge in [-0.2, -0.15) is 0 Å². The van der Waals surface area contributed by atoms with Crippen molar-refractivity contribution in [2.45, 2.75) is 304 Å². The van der Waals surface area contributed by atoms with E-state index in [1.54, 1.807) is 0 Å². The first-order valence-corrected chi connectivity index (χ1v) is 27.1. The van der Waals surface area contributed by atoms with Gasteiger partial charge in [-0.15, -0.1) is 0 Å². The van der Waals surface area contributed by atoms with Gasteiger partial charge in [0.25, 0.3) is 0 Å². The summed E-state index contributed by atoms with van der Waals surface area (Å²) < 4.78 is 16.8. The van der Waals surface area contributed by atoms with Crippen LogP contribution < -0.4 is 0 Å². The second-order valence-electron chi connectivity index (χ2n) is 20.1. The number of unbranched alkanes of at least 4 members (excludes halogenated alkanes) is 30. The summed E-state index contributed by atoms with van der Waals surface area (Å²) in [4.78, 5) is 38.0. The predicted molar refractivity (Wildman–Crippen MR) is 261 cm³/mol. The molecule has 0 aliphatic rings. The molecule has 6 heteroatoms. The number of ether oxygens (including phenoxy) is 3. The average Bonchev–Trinajstić information content (AvgIpc) is 3.23. The highest BCUT2D eigenvalue weighted by Crippen LogP contribution is 2.18. The van der Waals surface area contributed by atoms with Gasteiger partial charge in [-0.3, -0.25) is 14.4 Å². The molecule has 0 aromatic heterocycles. The van der Waals surface area contributed by atoms with Gasteiger partial charge in [-0.25, -0.2) is 0 Å². The molecular weight excluding hydrogens is 757 g/mol. The minimum atomic E-state index is -0.763. The standard InChI is InChI=1S/C55H106O6/c1-7-51(6)43-37-31-25-18-14-10-8-9-11-15-20-28-34-40-46-55(58)61-52(48-60-54(57)45-39-33-27-22-21-24-30-36-42-50(4)5)47-59-53(56)44-38-32-26-19-16-12-13-17-23-29-35-41-49(2)3/h49-52H,7-48H2,1-6H3/t51?,52-/m0/s1. The molecular formula is C55H106O6. The van der Waals surface area contributed by atoms with E-state index in [0.717, 1.165) is 75.5 Å². The van der Waals surface area contributed by atoms with Crippen LogP contribution in [0.15, 0.2) is 0 Å². The van der Waals surface area contributed by atoms with Crippen LogP contribution in [0.4, 0.5) is 0 Å². The lowest BCUT2D eigenvalue weighted by molar-refractivity contribution is -0.167. The second kappa shape index (κ2) is 46.4. The van der Waals surface area contributed by atoms with Gasteiger partial charge >= 0.3 is 17.9 Å². The summed E-state index contributed by atoms with van der Waals surface area (Å²) in [6, 6.07) is 0. The van der Waals surface area contributed by atoms with Crippen LogP contribution in [0, 0.1) is 17.8 Å². The predicted octanol–water partition coefficient (Wildman–Crippen LogP) is 17.6. The molecule has 362 valence electrons. The van der Waals surface area contributed by atoms with Crippen molar-refractivity contribution in [1.82, 2.24) is 0 Å². The second-order valence-corrected chi connectivity index (χ2v) is 20.1. The fraction of sp³-hybridized carbons (Fsp3) is 0.945. The summed E-state index contributed by atoms with van der Waals surface area (Å²) in [6.07, 6.45) is 46.6. The molecule has 0 bridgehead atoms. The summed E-state index contributed by atoms with van der Waals surface area (Å²) in [5.74, 6) is 1.67. The Morgan fingerprint density at radius 3 is 0.852 bits per heavy atom. The van der Waals surface area contributed by atoms with Gasteiger partial charge in [0.05, 0.1) is 0 Å². The van der Waals surface area contributed by atoms with Crippen LogP contribution in [0.2, 0.25) is 0 Å². The molecule has 0 spiro atoms. The van der Waals surface area contributed by atoms with Crippen molar-refractivity contribution < 1.29 is 28.6 Å². The highest BCUT2D eigenvalue weighted by atomic mass is 16.6. The first kappa shape index (κ1) is 59.4. The summed E-state index contributed by atoms with van der Waals surface area (Å²) in [5, 5.41) is 0. The van der Waals surface area contributed by atoms with Crippen LogP contribution in [0.25, 0.3) is 0 Å². The van der Waals surface area contributed by atoms with E-state index < -0.39 is 6.10 Å². The Balaban J connectivity index is 4.29. The van der Waals surface area contributed by atoms with Gasteiger partial charge in [0.2, 0.25) is 0 Å². The largest absolute Gasteiger partial charge is 0.462 e. The van der Waals surface area contributed by atoms with Crippen LogP contribution in [-0.4, -0.2) is 37.2 Å². The normalized spacial score (nSPS) is 12.6. The van der Waals surface area contributed by atoms with Gasteiger partial charge in [0, 0.05) is 19.3 Å². The average molecular weight is 863 g/mol. The summed E-state index contributed by atoms with van der Waals surface area (Å²) >= 11 is 0. The van der Waals surface area contributed by atoms with Crippen molar-refractivity contribution >= 4 is 17.9 Å². The number of esters is 3. The number of hydrogen-bond donors (Lipinski definition) is 0. The number of rotatable bonds is 48. The van der Waals surface area contributed by atoms with Crippen LogP contribution in [0.3, 0.4) is 0 Å². The zero-order valence-corrected chi connectivity index (χ0v) is 42.0. The molecule has 0 saturated carbocycles. The lowest BCUT2D eigenvalue weighted by Gasteiger charge is -2.18. The van der Waals surface area contributed by atoms with Crippen LogP contribution in [0.5, 0.6) is 0 Å².